The summed E-state index contributed by atoms with van der Waals surface area (Å²) in [7, 11) is 0. The van der Waals surface area contributed by atoms with Crippen molar-refractivity contribution in [2.45, 2.75) is 6.92 Å². The number of H-pyrrole nitrogens is 1. The molecule has 0 bridgehead atoms. The summed E-state index contributed by atoms with van der Waals surface area (Å²) in [6, 6.07) is 15.0. The molecule has 0 spiro atoms. The molecule has 1 heterocycles. The molecule has 0 aliphatic rings. The van der Waals surface area contributed by atoms with Gasteiger partial charge in [-0.15, -0.1) is 0 Å². The number of allylic oxidation sites excluding steroid dienone is 1. The number of ether oxygens (including phenoxy) is 2. The third-order valence-corrected chi connectivity index (χ3v) is 4.18. The van der Waals surface area contributed by atoms with Crippen molar-refractivity contribution >= 4 is 44.6 Å². The smallest absolute Gasteiger partial charge is 0.344 e. The fourth-order valence-corrected chi connectivity index (χ4v) is 2.87. The van der Waals surface area contributed by atoms with E-state index >= 15 is 0 Å². The van der Waals surface area contributed by atoms with Gasteiger partial charge in [0.25, 0.3) is 0 Å². The lowest BCUT2D eigenvalue weighted by atomic mass is 10.1. The first-order valence-corrected chi connectivity index (χ1v) is 9.05. The molecule has 0 fully saturated rings. The molecule has 0 amide bonds. The Morgan fingerprint density at radius 2 is 2.15 bits per heavy atom. The molecule has 0 saturated heterocycles. The predicted octanol–water partition coefficient (Wildman–Crippen LogP) is 4.33. The van der Waals surface area contributed by atoms with E-state index in [-0.39, 0.29) is 6.61 Å². The molecule has 1 N–H and O–H groups in total. The summed E-state index contributed by atoms with van der Waals surface area (Å²) >= 11 is 3.41. The maximum atomic E-state index is 11.6. The fourth-order valence-electron chi connectivity index (χ4n) is 2.49. The SMILES string of the molecule is CCOC(=O)COc1ccc(Br)cc1/C=C(\C#N)c1nc2ccccc2[nH]1. The van der Waals surface area contributed by atoms with Crippen LogP contribution in [0.25, 0.3) is 22.7 Å². The van der Waals surface area contributed by atoms with Gasteiger partial charge in [0.2, 0.25) is 0 Å². The standard InChI is InChI=1S/C20H16BrN3O3/c1-2-26-19(25)12-27-18-8-7-15(21)10-13(18)9-14(11-22)20-23-16-5-3-4-6-17(16)24-20/h3-10H,2,12H2,1H3,(H,23,24)/b14-9+. The van der Waals surface area contributed by atoms with Crippen molar-refractivity contribution in [3.05, 3.63) is 58.3 Å². The second-order valence-corrected chi connectivity index (χ2v) is 6.46. The van der Waals surface area contributed by atoms with Crippen LogP contribution in [0.15, 0.2) is 46.9 Å². The van der Waals surface area contributed by atoms with E-state index in [1.165, 1.54) is 0 Å². The topological polar surface area (TPSA) is 88.0 Å². The number of aromatic amines is 1. The summed E-state index contributed by atoms with van der Waals surface area (Å²) in [5, 5.41) is 9.61. The number of hydrogen-bond acceptors (Lipinski definition) is 5. The number of benzene rings is 2. The summed E-state index contributed by atoms with van der Waals surface area (Å²) < 4.78 is 11.3. The Kier molecular flexibility index (Phi) is 5.89. The van der Waals surface area contributed by atoms with Crippen LogP contribution in [0.1, 0.15) is 18.3 Å². The third kappa shape index (κ3) is 4.54. The molecule has 6 nitrogen and oxygen atoms in total. The van der Waals surface area contributed by atoms with Gasteiger partial charge < -0.3 is 14.5 Å². The van der Waals surface area contributed by atoms with Gasteiger partial charge in [-0.3, -0.25) is 0 Å². The Hall–Kier alpha value is -3.11. The number of imidazole rings is 1. The van der Waals surface area contributed by atoms with E-state index in [1.54, 1.807) is 31.2 Å². The predicted molar refractivity (Wildman–Crippen MR) is 106 cm³/mol. The average Bonchev–Trinajstić information content (AvgIpc) is 3.09. The molecule has 1 aromatic heterocycles. The highest BCUT2D eigenvalue weighted by atomic mass is 79.9. The van der Waals surface area contributed by atoms with Crippen LogP contribution in [-0.4, -0.2) is 29.2 Å². The summed E-state index contributed by atoms with van der Waals surface area (Å²) in [4.78, 5) is 19.2. The van der Waals surface area contributed by atoms with Gasteiger partial charge in [0.05, 0.1) is 23.2 Å². The number of hydrogen-bond donors (Lipinski definition) is 1. The molecule has 27 heavy (non-hydrogen) atoms. The van der Waals surface area contributed by atoms with Gasteiger partial charge in [-0.25, -0.2) is 9.78 Å². The Morgan fingerprint density at radius 1 is 1.33 bits per heavy atom. The lowest BCUT2D eigenvalue weighted by Gasteiger charge is -2.09. The summed E-state index contributed by atoms with van der Waals surface area (Å²) in [5.41, 5.74) is 2.62. The van der Waals surface area contributed by atoms with Gasteiger partial charge in [0, 0.05) is 10.0 Å². The quantitative estimate of drug-likeness (QED) is 0.468. The van der Waals surface area contributed by atoms with Crippen molar-refractivity contribution in [2.75, 3.05) is 13.2 Å². The Bertz CT molecular complexity index is 1020. The van der Waals surface area contributed by atoms with Crippen LogP contribution in [0.3, 0.4) is 0 Å². The van der Waals surface area contributed by atoms with Gasteiger partial charge >= 0.3 is 5.97 Å². The number of halogens is 1. The minimum atomic E-state index is -0.451. The maximum absolute atomic E-state index is 11.6. The minimum absolute atomic E-state index is 0.206. The van der Waals surface area contributed by atoms with Crippen LogP contribution in [0.4, 0.5) is 0 Å². The molecule has 0 atom stereocenters. The third-order valence-electron chi connectivity index (χ3n) is 3.69. The minimum Gasteiger partial charge on any atom is -0.481 e. The average molecular weight is 426 g/mol. The number of rotatable bonds is 6. The van der Waals surface area contributed by atoms with E-state index in [9.17, 15) is 10.1 Å². The number of nitriles is 1. The zero-order valence-corrected chi connectivity index (χ0v) is 16.1. The lowest BCUT2D eigenvalue weighted by Crippen LogP contribution is -2.14. The molecule has 2 aromatic carbocycles. The summed E-state index contributed by atoms with van der Waals surface area (Å²) in [5.74, 6) is 0.485. The normalized spacial score (nSPS) is 11.2. The molecule has 7 heteroatoms. The van der Waals surface area contributed by atoms with Crippen LogP contribution in [0.2, 0.25) is 0 Å². The summed E-state index contributed by atoms with van der Waals surface area (Å²) in [6.07, 6.45) is 1.67. The highest BCUT2D eigenvalue weighted by Gasteiger charge is 2.11. The van der Waals surface area contributed by atoms with E-state index in [4.69, 9.17) is 9.47 Å². The number of nitrogens with one attached hydrogen (secondary N) is 1. The first kappa shape index (κ1) is 18.7. The Balaban J connectivity index is 1.94. The molecule has 3 aromatic rings. The second-order valence-electron chi connectivity index (χ2n) is 5.55. The van der Waals surface area contributed by atoms with Gasteiger partial charge in [0.15, 0.2) is 6.61 Å². The highest BCUT2D eigenvalue weighted by Crippen LogP contribution is 2.28. The largest absolute Gasteiger partial charge is 0.481 e. The number of carbonyl (C=O) groups is 1. The zero-order valence-electron chi connectivity index (χ0n) is 14.5. The van der Waals surface area contributed by atoms with E-state index in [1.807, 2.05) is 24.3 Å². The number of carbonyl (C=O) groups excluding carboxylic acids is 1. The molecule has 0 unspecified atom stereocenters. The van der Waals surface area contributed by atoms with Crippen LogP contribution >= 0.6 is 15.9 Å². The first-order chi connectivity index (χ1) is 13.1. The molecule has 136 valence electrons. The number of fused-ring (bicyclic) bond motifs is 1. The van der Waals surface area contributed by atoms with Crippen LogP contribution in [-0.2, 0) is 9.53 Å². The van der Waals surface area contributed by atoms with E-state index in [0.717, 1.165) is 15.5 Å². The van der Waals surface area contributed by atoms with Crippen molar-refractivity contribution in [1.29, 1.82) is 5.26 Å². The Morgan fingerprint density at radius 3 is 2.89 bits per heavy atom. The molecular formula is C20H16BrN3O3. The summed E-state index contributed by atoms with van der Waals surface area (Å²) in [6.45, 7) is 1.82. The molecule has 3 rings (SSSR count). The number of nitrogens with zero attached hydrogens (tertiary/aromatic N) is 2. The first-order valence-electron chi connectivity index (χ1n) is 8.25. The molecular weight excluding hydrogens is 410 g/mol. The number of para-hydroxylation sites is 2. The van der Waals surface area contributed by atoms with Crippen LogP contribution in [0.5, 0.6) is 5.75 Å². The van der Waals surface area contributed by atoms with Crippen molar-refractivity contribution in [1.82, 2.24) is 9.97 Å². The molecule has 0 radical (unpaired) electrons. The molecule has 0 aliphatic carbocycles. The highest BCUT2D eigenvalue weighted by molar-refractivity contribution is 9.10. The van der Waals surface area contributed by atoms with Crippen LogP contribution < -0.4 is 4.74 Å². The van der Waals surface area contributed by atoms with Crippen molar-refractivity contribution in [2.24, 2.45) is 0 Å². The van der Waals surface area contributed by atoms with Gasteiger partial charge in [-0.2, -0.15) is 5.26 Å². The Labute approximate surface area is 164 Å². The van der Waals surface area contributed by atoms with Gasteiger partial charge in [-0.1, -0.05) is 28.1 Å². The number of aromatic nitrogens is 2. The van der Waals surface area contributed by atoms with Gasteiger partial charge in [-0.05, 0) is 43.3 Å². The van der Waals surface area contributed by atoms with Crippen LogP contribution in [0, 0.1) is 11.3 Å². The second kappa shape index (κ2) is 8.52. The van der Waals surface area contributed by atoms with Gasteiger partial charge in [0.1, 0.15) is 17.6 Å². The van der Waals surface area contributed by atoms with Crippen molar-refractivity contribution in [3.8, 4) is 11.8 Å². The fraction of sp³-hybridized carbons (Fsp3) is 0.150. The maximum Gasteiger partial charge on any atom is 0.344 e. The molecule has 0 saturated carbocycles. The zero-order chi connectivity index (χ0) is 19.2. The van der Waals surface area contributed by atoms with Crippen molar-refractivity contribution in [3.63, 3.8) is 0 Å². The lowest BCUT2D eigenvalue weighted by molar-refractivity contribution is -0.145. The molecule has 0 aliphatic heterocycles. The van der Waals surface area contributed by atoms with E-state index in [0.29, 0.717) is 29.3 Å². The number of esters is 1. The van der Waals surface area contributed by atoms with E-state index < -0.39 is 5.97 Å². The monoisotopic (exact) mass is 425 g/mol. The van der Waals surface area contributed by atoms with Crippen molar-refractivity contribution < 1.29 is 14.3 Å². The van der Waals surface area contributed by atoms with E-state index in [2.05, 4.69) is 32.0 Å².